The van der Waals surface area contributed by atoms with Crippen LogP contribution in [0.4, 0.5) is 8.78 Å². The van der Waals surface area contributed by atoms with Gasteiger partial charge in [-0.2, -0.15) is 0 Å². The zero-order valence-electron chi connectivity index (χ0n) is 12.7. The maximum absolute atomic E-state index is 13.3. The quantitative estimate of drug-likeness (QED) is 0.509. The highest BCUT2D eigenvalue weighted by Crippen LogP contribution is 2.41. The summed E-state index contributed by atoms with van der Waals surface area (Å²) in [5.74, 6) is -1.74. The summed E-state index contributed by atoms with van der Waals surface area (Å²) in [6.07, 6.45) is 3.55. The highest BCUT2D eigenvalue weighted by molar-refractivity contribution is 6.34. The molecule has 0 N–H and O–H groups in total. The summed E-state index contributed by atoms with van der Waals surface area (Å²) in [5, 5.41) is -0.00292. The predicted octanol–water partition coefficient (Wildman–Crippen LogP) is 5.65. The zero-order valence-corrected chi connectivity index (χ0v) is 13.4. The molecule has 0 aliphatic heterocycles. The zero-order chi connectivity index (χ0) is 15.8. The largest absolute Gasteiger partial charge is 0.294 e. The summed E-state index contributed by atoms with van der Waals surface area (Å²) in [6, 6.07) is 1.81. The molecule has 4 heteroatoms. The van der Waals surface area contributed by atoms with E-state index in [0.717, 1.165) is 37.8 Å². The maximum Gasteiger partial charge on any atom is 0.167 e. The van der Waals surface area contributed by atoms with Gasteiger partial charge in [0.15, 0.2) is 17.4 Å². The number of hydrogen-bond donors (Lipinski definition) is 0. The van der Waals surface area contributed by atoms with Crippen LogP contribution in [-0.4, -0.2) is 5.78 Å². The molecule has 0 atom stereocenters. The van der Waals surface area contributed by atoms with E-state index >= 15 is 0 Å². The number of Topliss-reactive ketones (excluding diaryl/α,β-unsaturated/α-hetero) is 1. The minimum atomic E-state index is -1.02. The number of carbonyl (C=O) groups is 1. The van der Waals surface area contributed by atoms with Gasteiger partial charge in [-0.1, -0.05) is 32.4 Å². The Morgan fingerprint density at radius 1 is 1.10 bits per heavy atom. The molecule has 0 bridgehead atoms. The Bertz CT molecular complexity index is 540. The first kappa shape index (κ1) is 16.4. The van der Waals surface area contributed by atoms with Crippen LogP contribution in [0.2, 0.25) is 5.02 Å². The lowest BCUT2D eigenvalue weighted by molar-refractivity contribution is 0.0819. The van der Waals surface area contributed by atoms with Crippen LogP contribution in [-0.2, 0) is 0 Å². The van der Waals surface area contributed by atoms with Crippen LogP contribution in [0.1, 0.15) is 56.8 Å². The molecule has 1 aliphatic carbocycles. The molecule has 2 rings (SSSR count). The van der Waals surface area contributed by atoms with Gasteiger partial charge in [0, 0.05) is 11.5 Å². The van der Waals surface area contributed by atoms with Crippen LogP contribution in [0.3, 0.4) is 0 Å². The minimum Gasteiger partial charge on any atom is -0.294 e. The van der Waals surface area contributed by atoms with Gasteiger partial charge in [0.25, 0.3) is 0 Å². The first-order valence-corrected chi connectivity index (χ1v) is 7.76. The van der Waals surface area contributed by atoms with Crippen molar-refractivity contribution in [2.45, 2.75) is 46.5 Å². The van der Waals surface area contributed by atoms with Gasteiger partial charge in [-0.05, 0) is 49.1 Å². The summed E-state index contributed by atoms with van der Waals surface area (Å²) in [7, 11) is 0. The van der Waals surface area contributed by atoms with Gasteiger partial charge in [0.1, 0.15) is 0 Å². The van der Waals surface area contributed by atoms with E-state index in [1.807, 2.05) is 0 Å². The molecule has 1 aromatic rings. The highest BCUT2D eigenvalue weighted by atomic mass is 35.5. The molecule has 0 saturated heterocycles. The van der Waals surface area contributed by atoms with Crippen molar-refractivity contribution in [3.05, 3.63) is 34.4 Å². The number of ketones is 1. The highest BCUT2D eigenvalue weighted by Gasteiger charge is 2.33. The van der Waals surface area contributed by atoms with Gasteiger partial charge in [-0.3, -0.25) is 4.79 Å². The van der Waals surface area contributed by atoms with Crippen molar-refractivity contribution in [3.63, 3.8) is 0 Å². The Morgan fingerprint density at radius 2 is 1.62 bits per heavy atom. The first-order valence-electron chi connectivity index (χ1n) is 7.39. The molecule has 1 saturated carbocycles. The van der Waals surface area contributed by atoms with E-state index in [9.17, 15) is 13.6 Å². The van der Waals surface area contributed by atoms with Crippen molar-refractivity contribution in [1.82, 2.24) is 0 Å². The first-order chi connectivity index (χ1) is 9.70. The summed E-state index contributed by atoms with van der Waals surface area (Å²) in [5.41, 5.74) is 0.350. The van der Waals surface area contributed by atoms with Crippen LogP contribution in [0.25, 0.3) is 0 Å². The second kappa shape index (κ2) is 6.04. The van der Waals surface area contributed by atoms with Crippen LogP contribution < -0.4 is 0 Å². The normalized spacial score (nSPS) is 23.1. The Labute approximate surface area is 129 Å². The number of carbonyl (C=O) groups excluding carboxylic acids is 1. The van der Waals surface area contributed by atoms with E-state index < -0.39 is 11.6 Å². The average Bonchev–Trinajstić information content (AvgIpc) is 2.41. The van der Waals surface area contributed by atoms with E-state index in [1.165, 1.54) is 0 Å². The third-order valence-corrected chi connectivity index (χ3v) is 4.91. The smallest absolute Gasteiger partial charge is 0.167 e. The summed E-state index contributed by atoms with van der Waals surface area (Å²) in [6.45, 7) is 6.64. The predicted molar refractivity (Wildman–Crippen MR) is 80.6 cm³/mol. The molecule has 21 heavy (non-hydrogen) atoms. The van der Waals surface area contributed by atoms with Gasteiger partial charge < -0.3 is 0 Å². The minimum absolute atomic E-state index is 0.00292. The van der Waals surface area contributed by atoms with Gasteiger partial charge in [-0.25, -0.2) is 8.78 Å². The standard InChI is InChI=1S/C17H21ClF2O/c1-17(2,3)11-6-4-10(5-7-11)16(21)12-8-14(19)15(20)9-13(12)18/h8-11H,4-7H2,1-3H3. The molecule has 0 unspecified atom stereocenters. The lowest BCUT2D eigenvalue weighted by atomic mass is 9.69. The fraction of sp³-hybridized carbons (Fsp3) is 0.588. The Balaban J connectivity index is 2.11. The van der Waals surface area contributed by atoms with Gasteiger partial charge in [0.2, 0.25) is 0 Å². The van der Waals surface area contributed by atoms with E-state index in [0.29, 0.717) is 5.92 Å². The number of hydrogen-bond acceptors (Lipinski definition) is 1. The fourth-order valence-corrected chi connectivity index (χ4v) is 3.40. The molecule has 1 aromatic carbocycles. The molecule has 0 spiro atoms. The van der Waals surface area contributed by atoms with Crippen molar-refractivity contribution < 1.29 is 13.6 Å². The van der Waals surface area contributed by atoms with Crippen LogP contribution in [0, 0.1) is 28.9 Å². The topological polar surface area (TPSA) is 17.1 Å². The van der Waals surface area contributed by atoms with E-state index in [1.54, 1.807) is 0 Å². The Kier molecular flexibility index (Phi) is 4.72. The molecule has 116 valence electrons. The SMILES string of the molecule is CC(C)(C)C1CCC(C(=O)c2cc(F)c(F)cc2Cl)CC1. The number of rotatable bonds is 2. The third kappa shape index (κ3) is 3.63. The molecule has 0 amide bonds. The molecule has 0 radical (unpaired) electrons. The maximum atomic E-state index is 13.3. The van der Waals surface area contributed by atoms with Gasteiger partial charge in [0.05, 0.1) is 5.02 Å². The molecule has 0 heterocycles. The number of benzene rings is 1. The molecule has 0 aromatic heterocycles. The third-order valence-electron chi connectivity index (χ3n) is 4.60. The summed E-state index contributed by atoms with van der Waals surface area (Å²) >= 11 is 5.89. The van der Waals surface area contributed by atoms with Crippen molar-refractivity contribution in [2.75, 3.05) is 0 Å². The van der Waals surface area contributed by atoms with E-state index in [4.69, 9.17) is 11.6 Å². The Morgan fingerprint density at radius 3 is 2.14 bits per heavy atom. The Hall–Kier alpha value is -0.960. The van der Waals surface area contributed by atoms with Gasteiger partial charge in [-0.15, -0.1) is 0 Å². The van der Waals surface area contributed by atoms with Crippen LogP contribution >= 0.6 is 11.6 Å². The molecular formula is C17H21ClF2O. The monoisotopic (exact) mass is 314 g/mol. The van der Waals surface area contributed by atoms with Crippen molar-refractivity contribution in [2.24, 2.45) is 17.3 Å². The average molecular weight is 315 g/mol. The molecule has 1 nitrogen and oxygen atoms in total. The second-order valence-corrected chi connectivity index (χ2v) is 7.43. The van der Waals surface area contributed by atoms with Gasteiger partial charge >= 0.3 is 0 Å². The van der Waals surface area contributed by atoms with Crippen molar-refractivity contribution >= 4 is 17.4 Å². The van der Waals surface area contributed by atoms with E-state index in [2.05, 4.69) is 20.8 Å². The van der Waals surface area contributed by atoms with E-state index in [-0.39, 0.29) is 27.7 Å². The van der Waals surface area contributed by atoms with Crippen molar-refractivity contribution in [3.8, 4) is 0 Å². The lowest BCUT2D eigenvalue weighted by Gasteiger charge is -2.36. The molecule has 1 fully saturated rings. The van der Waals surface area contributed by atoms with Crippen molar-refractivity contribution in [1.29, 1.82) is 0 Å². The van der Waals surface area contributed by atoms with Crippen LogP contribution in [0.15, 0.2) is 12.1 Å². The molecular weight excluding hydrogens is 294 g/mol. The lowest BCUT2D eigenvalue weighted by Crippen LogP contribution is -2.29. The summed E-state index contributed by atoms with van der Waals surface area (Å²) in [4.78, 5) is 12.5. The summed E-state index contributed by atoms with van der Waals surface area (Å²) < 4.78 is 26.4. The fourth-order valence-electron chi connectivity index (χ4n) is 3.15. The molecule has 1 aliphatic rings. The number of halogens is 3. The second-order valence-electron chi connectivity index (χ2n) is 7.02. The van der Waals surface area contributed by atoms with Crippen LogP contribution in [0.5, 0.6) is 0 Å².